The molecular weight excluding hydrogens is 749 g/mol. The second kappa shape index (κ2) is 17.3. The van der Waals surface area contributed by atoms with Gasteiger partial charge in [0.25, 0.3) is 0 Å². The predicted molar refractivity (Wildman–Crippen MR) is 265 cm³/mol. The summed E-state index contributed by atoms with van der Waals surface area (Å²) in [6.07, 6.45) is 3.06. The first kappa shape index (κ1) is 38.3. The number of hydrogen-bond acceptors (Lipinski definition) is 2. The number of nitrogens with one attached hydrogen (secondary N) is 1. The number of benzene rings is 10. The van der Waals surface area contributed by atoms with E-state index in [4.69, 9.17) is 0 Å². The largest absolute Gasteiger partial charge is 0.354 e. The quantitative estimate of drug-likeness (QED) is 0.140. The number of para-hydroxylation sites is 1. The van der Waals surface area contributed by atoms with Crippen molar-refractivity contribution in [2.45, 2.75) is 6.42 Å². The summed E-state index contributed by atoms with van der Waals surface area (Å²) < 4.78 is 0. The van der Waals surface area contributed by atoms with Gasteiger partial charge in [-0.25, -0.2) is 0 Å². The Morgan fingerprint density at radius 1 is 0.371 bits per heavy atom. The van der Waals surface area contributed by atoms with Gasteiger partial charge in [-0.1, -0.05) is 212 Å². The van der Waals surface area contributed by atoms with Crippen LogP contribution in [-0.4, -0.2) is 7.05 Å². The van der Waals surface area contributed by atoms with Gasteiger partial charge in [-0.3, -0.25) is 0 Å². The highest BCUT2D eigenvalue weighted by molar-refractivity contribution is 6.12. The fraction of sp³-hybridized carbons (Fsp3) is 0.0333. The smallest absolute Gasteiger partial charge is 0.0622 e. The molecule has 0 atom stereocenters. The minimum Gasteiger partial charge on any atom is -0.354 e. The van der Waals surface area contributed by atoms with Crippen LogP contribution in [0.15, 0.2) is 243 Å². The van der Waals surface area contributed by atoms with Gasteiger partial charge in [0, 0.05) is 24.6 Å². The zero-order valence-electron chi connectivity index (χ0n) is 34.7. The molecule has 2 nitrogen and oxygen atoms in total. The normalized spacial score (nSPS) is 11.5. The van der Waals surface area contributed by atoms with Gasteiger partial charge < -0.3 is 10.2 Å². The molecule has 0 aliphatic rings. The maximum absolute atomic E-state index is 3.71. The number of rotatable bonds is 11. The lowest BCUT2D eigenvalue weighted by Gasteiger charge is -2.19. The Labute approximate surface area is 364 Å². The van der Waals surface area contributed by atoms with Gasteiger partial charge in [-0.2, -0.15) is 0 Å². The number of anilines is 2. The van der Waals surface area contributed by atoms with Gasteiger partial charge in [0.15, 0.2) is 0 Å². The average molecular weight is 795 g/mol. The van der Waals surface area contributed by atoms with Crippen LogP contribution in [0.5, 0.6) is 0 Å². The van der Waals surface area contributed by atoms with Crippen molar-refractivity contribution in [1.82, 2.24) is 0 Å². The molecule has 10 aromatic rings. The Kier molecular flexibility index (Phi) is 10.7. The molecule has 0 spiro atoms. The highest BCUT2D eigenvalue weighted by Crippen LogP contribution is 2.41. The SMILES string of the molecule is CN(/C=C(\Nc1ccc(-c2ccc(-c3ccc(-c4ccc(Cc5ccc(-c6ccccc6)cc5)cc4)c4ccccc34)c3ccccc23)cc1)c1ccccc1)c1ccccc1. The second-order valence-electron chi connectivity index (χ2n) is 15.9. The Hall–Kier alpha value is -7.94. The molecule has 296 valence electrons. The highest BCUT2D eigenvalue weighted by atomic mass is 15.1. The lowest BCUT2D eigenvalue weighted by Crippen LogP contribution is -2.11. The lowest BCUT2D eigenvalue weighted by atomic mass is 9.88. The van der Waals surface area contributed by atoms with E-state index in [1.165, 1.54) is 77.2 Å². The van der Waals surface area contributed by atoms with Crippen molar-refractivity contribution in [1.29, 1.82) is 0 Å². The Bertz CT molecular complexity index is 3130. The third-order valence-electron chi connectivity index (χ3n) is 11.9. The fourth-order valence-electron chi connectivity index (χ4n) is 8.67. The van der Waals surface area contributed by atoms with Crippen LogP contribution >= 0.6 is 0 Å². The summed E-state index contributed by atoms with van der Waals surface area (Å²) in [4.78, 5) is 2.15. The first-order chi connectivity index (χ1) is 30.6. The lowest BCUT2D eigenvalue weighted by molar-refractivity contribution is 1.19. The van der Waals surface area contributed by atoms with Crippen molar-refractivity contribution in [2.24, 2.45) is 0 Å². The summed E-state index contributed by atoms with van der Waals surface area (Å²) in [5, 5.41) is 8.69. The molecule has 0 fully saturated rings. The van der Waals surface area contributed by atoms with Crippen molar-refractivity contribution in [3.63, 3.8) is 0 Å². The van der Waals surface area contributed by atoms with E-state index >= 15 is 0 Å². The number of fused-ring (bicyclic) bond motifs is 2. The van der Waals surface area contributed by atoms with Gasteiger partial charge in [0.1, 0.15) is 0 Å². The molecule has 10 aromatic carbocycles. The third kappa shape index (κ3) is 8.02. The molecule has 1 N–H and O–H groups in total. The van der Waals surface area contributed by atoms with E-state index in [2.05, 4.69) is 254 Å². The van der Waals surface area contributed by atoms with Crippen molar-refractivity contribution in [3.8, 4) is 44.5 Å². The summed E-state index contributed by atoms with van der Waals surface area (Å²) >= 11 is 0. The Balaban J connectivity index is 0.919. The summed E-state index contributed by atoms with van der Waals surface area (Å²) in [5.41, 5.74) is 16.8. The zero-order chi connectivity index (χ0) is 41.7. The van der Waals surface area contributed by atoms with E-state index < -0.39 is 0 Å². The summed E-state index contributed by atoms with van der Waals surface area (Å²) in [5.74, 6) is 0. The maximum atomic E-state index is 3.71. The van der Waals surface area contributed by atoms with Crippen molar-refractivity contribution in [3.05, 3.63) is 259 Å². The molecule has 2 heteroatoms. The minimum absolute atomic E-state index is 0.901. The average Bonchev–Trinajstić information content (AvgIpc) is 3.35. The van der Waals surface area contributed by atoms with E-state index in [0.717, 1.165) is 29.1 Å². The van der Waals surface area contributed by atoms with Gasteiger partial charge in [0.05, 0.1) is 5.70 Å². The first-order valence-corrected chi connectivity index (χ1v) is 21.3. The van der Waals surface area contributed by atoms with Crippen LogP contribution in [0.2, 0.25) is 0 Å². The van der Waals surface area contributed by atoms with Gasteiger partial charge in [-0.05, 0) is 113 Å². The van der Waals surface area contributed by atoms with Crippen LogP contribution in [0.4, 0.5) is 11.4 Å². The van der Waals surface area contributed by atoms with E-state index in [9.17, 15) is 0 Å². The third-order valence-corrected chi connectivity index (χ3v) is 11.9. The van der Waals surface area contributed by atoms with E-state index in [-0.39, 0.29) is 0 Å². The van der Waals surface area contributed by atoms with Gasteiger partial charge in [-0.15, -0.1) is 0 Å². The van der Waals surface area contributed by atoms with Crippen LogP contribution in [0.1, 0.15) is 16.7 Å². The monoisotopic (exact) mass is 794 g/mol. The summed E-state index contributed by atoms with van der Waals surface area (Å²) in [6.45, 7) is 0. The zero-order valence-corrected chi connectivity index (χ0v) is 34.7. The second-order valence-corrected chi connectivity index (χ2v) is 15.9. The maximum Gasteiger partial charge on any atom is 0.0622 e. The number of nitrogens with zero attached hydrogens (tertiary/aromatic N) is 1. The molecule has 0 heterocycles. The van der Waals surface area contributed by atoms with Crippen LogP contribution in [-0.2, 0) is 6.42 Å². The predicted octanol–water partition coefficient (Wildman–Crippen LogP) is 15.8. The summed E-state index contributed by atoms with van der Waals surface area (Å²) in [7, 11) is 2.08. The standard InChI is InChI=1S/C60H46N2/c1-62(51-19-9-4-10-20-51)42-60(49-17-7-3-8-18-49)61-50-35-33-48(34-36-50)53-38-40-59(57-24-14-12-22-55(53)57)58-39-37-52(54-21-11-13-23-56(54)58)47-31-27-44(28-32-47)41-43-25-29-46(30-26-43)45-15-5-2-6-16-45/h2-40,42,61H,41H2,1H3/b60-42-. The molecule has 0 aliphatic heterocycles. The van der Waals surface area contributed by atoms with E-state index in [1.54, 1.807) is 0 Å². The van der Waals surface area contributed by atoms with E-state index in [1.807, 2.05) is 6.07 Å². The molecule has 0 saturated carbocycles. The molecular formula is C60H46N2. The van der Waals surface area contributed by atoms with Crippen LogP contribution in [0.3, 0.4) is 0 Å². The van der Waals surface area contributed by atoms with Crippen molar-refractivity contribution >= 4 is 38.6 Å². The van der Waals surface area contributed by atoms with Crippen molar-refractivity contribution in [2.75, 3.05) is 17.3 Å². The van der Waals surface area contributed by atoms with Gasteiger partial charge >= 0.3 is 0 Å². The first-order valence-electron chi connectivity index (χ1n) is 21.3. The molecule has 0 bridgehead atoms. The van der Waals surface area contributed by atoms with Crippen LogP contribution in [0.25, 0.3) is 71.7 Å². The molecule has 0 aromatic heterocycles. The molecule has 0 radical (unpaired) electrons. The van der Waals surface area contributed by atoms with Crippen LogP contribution < -0.4 is 10.2 Å². The minimum atomic E-state index is 0.901. The molecule has 0 saturated heterocycles. The molecule has 10 rings (SSSR count). The van der Waals surface area contributed by atoms with Gasteiger partial charge in [0.2, 0.25) is 0 Å². The molecule has 0 aliphatic carbocycles. The topological polar surface area (TPSA) is 15.3 Å². The fourth-order valence-corrected chi connectivity index (χ4v) is 8.67. The molecule has 62 heavy (non-hydrogen) atoms. The van der Waals surface area contributed by atoms with E-state index in [0.29, 0.717) is 0 Å². The molecule has 0 amide bonds. The Morgan fingerprint density at radius 2 is 0.758 bits per heavy atom. The molecule has 0 unspecified atom stereocenters. The number of hydrogen-bond donors (Lipinski definition) is 1. The van der Waals surface area contributed by atoms with Crippen molar-refractivity contribution < 1.29 is 0 Å². The summed E-state index contributed by atoms with van der Waals surface area (Å²) in [6, 6.07) is 85.3. The highest BCUT2D eigenvalue weighted by Gasteiger charge is 2.15. The Morgan fingerprint density at radius 3 is 1.27 bits per heavy atom. The van der Waals surface area contributed by atoms with Crippen LogP contribution in [0, 0.1) is 0 Å².